The third-order valence-corrected chi connectivity index (χ3v) is 10.3. The van der Waals surface area contributed by atoms with Gasteiger partial charge in [0.1, 0.15) is 12.7 Å². The summed E-state index contributed by atoms with van der Waals surface area (Å²) in [5.74, 6) is -1.21. The molecule has 0 aromatic carbocycles. The molecule has 4 atom stereocenters. The Morgan fingerprint density at radius 3 is 1.65 bits per heavy atom. The highest BCUT2D eigenvalue weighted by Gasteiger charge is 2.28. The van der Waals surface area contributed by atoms with Gasteiger partial charge in [-0.1, -0.05) is 144 Å². The Morgan fingerprint density at radius 1 is 0.532 bits per heavy atom. The zero-order chi connectivity index (χ0) is 46.0. The summed E-state index contributed by atoms with van der Waals surface area (Å²) in [6, 6.07) is 0. The predicted octanol–water partition coefficient (Wildman–Crippen LogP) is 10.5. The van der Waals surface area contributed by atoms with Crippen LogP contribution in [0.2, 0.25) is 0 Å². The minimum atomic E-state index is -4.89. The molecule has 0 radical (unpaired) electrons. The summed E-state index contributed by atoms with van der Waals surface area (Å²) in [7, 11) is -9.74. The summed E-state index contributed by atoms with van der Waals surface area (Å²) in [5.41, 5.74) is 0. The van der Waals surface area contributed by atoms with Crippen molar-refractivity contribution in [2.24, 2.45) is 0 Å². The number of allylic oxidation sites excluding steroid dienone is 12. The standard InChI is InChI=1S/C46H78O14P2/c1-3-5-7-9-11-12-13-14-15-16-17-18-19-20-24-28-32-36-45(49)56-40-44(41-59-62(54,55)58-39-43(48)38-57-61(51,52)53)60-46(50)37-33-29-25-21-23-27-31-35-42(47)34-30-26-22-10-8-6-4-2/h14-15,17-18,20-22,24-27,30-31,34,42-44,47-48H,3-13,16,19,23,28-29,32-33,35-41H2,1-2H3,(H,54,55)(H2,51,52,53)/b15-14-,18-17-,24-20-,25-21+,26-22-,31-27-,34-30-/t42-,43-,44+/m0/s1. The highest BCUT2D eigenvalue weighted by Crippen LogP contribution is 2.43. The molecule has 62 heavy (non-hydrogen) atoms. The van der Waals surface area contributed by atoms with Gasteiger partial charge in [0, 0.05) is 12.8 Å². The summed E-state index contributed by atoms with van der Waals surface area (Å²) in [4.78, 5) is 52.7. The number of hydrogen-bond donors (Lipinski definition) is 5. The summed E-state index contributed by atoms with van der Waals surface area (Å²) < 4.78 is 47.6. The van der Waals surface area contributed by atoms with Crippen LogP contribution in [0.1, 0.15) is 149 Å². The zero-order valence-corrected chi connectivity index (χ0v) is 39.1. The van der Waals surface area contributed by atoms with Gasteiger partial charge in [-0.15, -0.1) is 0 Å². The molecular formula is C46H78O14P2. The van der Waals surface area contributed by atoms with Crippen molar-refractivity contribution in [1.29, 1.82) is 0 Å². The fraction of sp³-hybridized carbons (Fsp3) is 0.652. The van der Waals surface area contributed by atoms with Gasteiger partial charge in [-0.3, -0.25) is 23.2 Å². The average Bonchev–Trinajstić information content (AvgIpc) is 3.23. The number of unbranched alkanes of at least 4 members (excludes halogenated alkanes) is 11. The number of rotatable bonds is 41. The molecule has 0 saturated heterocycles. The van der Waals surface area contributed by atoms with Crippen LogP contribution in [0.3, 0.4) is 0 Å². The van der Waals surface area contributed by atoms with E-state index in [1.807, 2.05) is 48.6 Å². The molecule has 0 spiro atoms. The van der Waals surface area contributed by atoms with Crippen molar-refractivity contribution in [3.63, 3.8) is 0 Å². The van der Waals surface area contributed by atoms with Crippen LogP contribution in [0.5, 0.6) is 0 Å². The van der Waals surface area contributed by atoms with Crippen LogP contribution in [0, 0.1) is 0 Å². The predicted molar refractivity (Wildman–Crippen MR) is 245 cm³/mol. The highest BCUT2D eigenvalue weighted by molar-refractivity contribution is 7.47. The number of carbonyl (C=O) groups excluding carboxylic acids is 2. The Morgan fingerprint density at radius 2 is 1.02 bits per heavy atom. The lowest BCUT2D eigenvalue weighted by molar-refractivity contribution is -0.161. The van der Waals surface area contributed by atoms with Crippen molar-refractivity contribution in [2.45, 2.75) is 167 Å². The van der Waals surface area contributed by atoms with Gasteiger partial charge in [-0.05, 0) is 77.0 Å². The average molecular weight is 917 g/mol. The second-order valence-electron chi connectivity index (χ2n) is 14.8. The van der Waals surface area contributed by atoms with Crippen molar-refractivity contribution < 1.29 is 66.7 Å². The van der Waals surface area contributed by atoms with E-state index in [0.717, 1.165) is 25.7 Å². The van der Waals surface area contributed by atoms with Gasteiger partial charge in [0.25, 0.3) is 0 Å². The van der Waals surface area contributed by atoms with Crippen LogP contribution in [0.25, 0.3) is 0 Å². The van der Waals surface area contributed by atoms with Gasteiger partial charge >= 0.3 is 27.6 Å². The summed E-state index contributed by atoms with van der Waals surface area (Å²) >= 11 is 0. The lowest BCUT2D eigenvalue weighted by Gasteiger charge is -2.20. The number of carbonyl (C=O) groups is 2. The quantitative estimate of drug-likeness (QED) is 0.0127. The fourth-order valence-corrected chi connectivity index (χ4v) is 6.53. The summed E-state index contributed by atoms with van der Waals surface area (Å²) in [6.07, 6.45) is 43.3. The molecule has 0 heterocycles. The molecule has 16 heteroatoms. The van der Waals surface area contributed by atoms with E-state index >= 15 is 0 Å². The normalized spacial score (nSPS) is 15.3. The van der Waals surface area contributed by atoms with Crippen molar-refractivity contribution in [3.05, 3.63) is 85.1 Å². The molecule has 0 bridgehead atoms. The molecule has 0 rings (SSSR count). The maximum atomic E-state index is 12.7. The minimum absolute atomic E-state index is 0.00668. The molecular weight excluding hydrogens is 838 g/mol. The third-order valence-electron chi connectivity index (χ3n) is 8.83. The fourth-order valence-electron chi connectivity index (χ4n) is 5.38. The number of aliphatic hydroxyl groups is 2. The Hall–Kier alpha value is -2.74. The van der Waals surface area contributed by atoms with Gasteiger partial charge in [0.05, 0.1) is 25.9 Å². The van der Waals surface area contributed by atoms with E-state index < -0.39 is 72.3 Å². The van der Waals surface area contributed by atoms with Crippen molar-refractivity contribution in [2.75, 3.05) is 26.4 Å². The summed E-state index contributed by atoms with van der Waals surface area (Å²) in [6.45, 7) is 1.50. The van der Waals surface area contributed by atoms with Gasteiger partial charge in [-0.25, -0.2) is 9.13 Å². The Balaban J connectivity index is 4.75. The molecule has 14 nitrogen and oxygen atoms in total. The number of aliphatic hydroxyl groups excluding tert-OH is 2. The molecule has 0 saturated carbocycles. The van der Waals surface area contributed by atoms with Crippen molar-refractivity contribution >= 4 is 27.6 Å². The van der Waals surface area contributed by atoms with E-state index in [-0.39, 0.29) is 12.8 Å². The summed E-state index contributed by atoms with van der Waals surface area (Å²) in [5, 5.41) is 19.8. The molecule has 356 valence electrons. The largest absolute Gasteiger partial charge is 0.472 e. The molecule has 0 aliphatic carbocycles. The van der Waals surface area contributed by atoms with Gasteiger partial charge < -0.3 is 34.4 Å². The molecule has 0 aliphatic heterocycles. The highest BCUT2D eigenvalue weighted by atomic mass is 31.2. The number of esters is 2. The molecule has 5 N–H and O–H groups in total. The first-order valence-corrected chi connectivity index (χ1v) is 25.4. The number of hydrogen-bond acceptors (Lipinski definition) is 11. The molecule has 1 unspecified atom stereocenters. The SMILES string of the molecule is CCCCC/C=C\C=C/[C@H](O)C/C=C\C/C=C/CCCC(=O)O[C@H](COC(=O)CCC/C=C\C/C=C\C/C=C\CCCCCCCC)COP(=O)(O)OC[C@@H](O)COP(=O)(O)O. The minimum Gasteiger partial charge on any atom is -0.462 e. The molecule has 0 aromatic rings. The van der Waals surface area contributed by atoms with Gasteiger partial charge in [0.15, 0.2) is 6.10 Å². The zero-order valence-electron chi connectivity index (χ0n) is 37.3. The number of phosphoric ester groups is 2. The Kier molecular flexibility index (Phi) is 39.2. The lowest BCUT2D eigenvalue weighted by atomic mass is 10.1. The van der Waals surface area contributed by atoms with E-state index in [1.54, 1.807) is 6.08 Å². The first-order chi connectivity index (χ1) is 29.8. The van der Waals surface area contributed by atoms with Crippen LogP contribution in [0.15, 0.2) is 85.1 Å². The molecule has 0 fully saturated rings. The van der Waals surface area contributed by atoms with E-state index in [9.17, 15) is 33.8 Å². The van der Waals surface area contributed by atoms with Gasteiger partial charge in [0.2, 0.25) is 0 Å². The van der Waals surface area contributed by atoms with Crippen LogP contribution >= 0.6 is 15.6 Å². The van der Waals surface area contributed by atoms with Crippen LogP contribution < -0.4 is 0 Å². The van der Waals surface area contributed by atoms with E-state index in [0.29, 0.717) is 38.5 Å². The van der Waals surface area contributed by atoms with Gasteiger partial charge in [-0.2, -0.15) is 0 Å². The number of phosphoric acid groups is 2. The topological polar surface area (TPSA) is 216 Å². The monoisotopic (exact) mass is 916 g/mol. The smallest absolute Gasteiger partial charge is 0.462 e. The third kappa shape index (κ3) is 43.9. The van der Waals surface area contributed by atoms with Crippen LogP contribution in [-0.4, -0.2) is 81.6 Å². The maximum Gasteiger partial charge on any atom is 0.472 e. The van der Waals surface area contributed by atoms with Crippen molar-refractivity contribution in [3.8, 4) is 0 Å². The Bertz CT molecular complexity index is 1430. The van der Waals surface area contributed by atoms with E-state index in [2.05, 4.69) is 53.3 Å². The molecule has 0 aliphatic rings. The Labute approximate surface area is 371 Å². The maximum absolute atomic E-state index is 12.7. The first-order valence-electron chi connectivity index (χ1n) is 22.4. The van der Waals surface area contributed by atoms with E-state index in [1.165, 1.54) is 57.8 Å². The first kappa shape index (κ1) is 59.3. The second-order valence-corrected chi connectivity index (χ2v) is 17.5. The van der Waals surface area contributed by atoms with E-state index in [4.69, 9.17) is 23.8 Å². The lowest BCUT2D eigenvalue weighted by Crippen LogP contribution is -2.29. The van der Waals surface area contributed by atoms with Crippen molar-refractivity contribution in [1.82, 2.24) is 0 Å². The number of ether oxygens (including phenoxy) is 2. The van der Waals surface area contributed by atoms with Crippen LogP contribution in [-0.2, 0) is 41.8 Å². The molecule has 0 amide bonds. The second kappa shape index (κ2) is 41.0. The molecule has 0 aromatic heterocycles. The van der Waals surface area contributed by atoms with Crippen LogP contribution in [0.4, 0.5) is 0 Å².